The zero-order valence-electron chi connectivity index (χ0n) is 7.12. The van der Waals surface area contributed by atoms with E-state index in [0.29, 0.717) is 5.89 Å². The monoisotopic (exact) mass is 171 g/mol. The second kappa shape index (κ2) is 4.71. The van der Waals surface area contributed by atoms with Crippen molar-refractivity contribution >= 4 is 5.95 Å². The molecule has 0 saturated carbocycles. The molecular weight excluding hydrogens is 158 g/mol. The highest BCUT2D eigenvalue weighted by molar-refractivity contribution is 5.10. The van der Waals surface area contributed by atoms with Gasteiger partial charge in [0, 0.05) is 19.6 Å². The van der Waals surface area contributed by atoms with E-state index in [2.05, 4.69) is 10.1 Å². The smallest absolute Gasteiger partial charge is 0.260 e. The summed E-state index contributed by atoms with van der Waals surface area (Å²) in [5.41, 5.74) is 5.26. The number of hydrogen-bond donors (Lipinski definition) is 1. The standard InChI is InChI=1S/C7H13N3O2/c1-2-11-5-3-4-6-9-7(8)10-12-6/h2-5H2,1H3,(H2,8,10). The minimum Gasteiger partial charge on any atom is -0.382 e. The van der Waals surface area contributed by atoms with Crippen LogP contribution in [0, 0.1) is 0 Å². The van der Waals surface area contributed by atoms with Gasteiger partial charge < -0.3 is 15.0 Å². The van der Waals surface area contributed by atoms with Crippen LogP contribution in [0.15, 0.2) is 4.52 Å². The summed E-state index contributed by atoms with van der Waals surface area (Å²) in [5, 5.41) is 3.47. The first kappa shape index (κ1) is 8.99. The molecule has 5 nitrogen and oxygen atoms in total. The Morgan fingerprint density at radius 2 is 2.42 bits per heavy atom. The van der Waals surface area contributed by atoms with Crippen LogP contribution in [0.2, 0.25) is 0 Å². The van der Waals surface area contributed by atoms with Crippen molar-refractivity contribution in [2.24, 2.45) is 0 Å². The number of aromatic nitrogens is 2. The molecule has 1 aromatic rings. The minimum absolute atomic E-state index is 0.196. The van der Waals surface area contributed by atoms with Gasteiger partial charge in [0.2, 0.25) is 5.89 Å². The lowest BCUT2D eigenvalue weighted by Crippen LogP contribution is -1.96. The summed E-state index contributed by atoms with van der Waals surface area (Å²) in [7, 11) is 0. The molecule has 0 bridgehead atoms. The summed E-state index contributed by atoms with van der Waals surface area (Å²) in [5.74, 6) is 0.772. The van der Waals surface area contributed by atoms with E-state index in [0.717, 1.165) is 26.1 Å². The van der Waals surface area contributed by atoms with Crippen LogP contribution in [-0.2, 0) is 11.2 Å². The van der Waals surface area contributed by atoms with E-state index in [1.807, 2.05) is 6.92 Å². The van der Waals surface area contributed by atoms with E-state index >= 15 is 0 Å². The summed E-state index contributed by atoms with van der Waals surface area (Å²) >= 11 is 0. The summed E-state index contributed by atoms with van der Waals surface area (Å²) in [6.07, 6.45) is 1.61. The maximum absolute atomic E-state index is 5.26. The summed E-state index contributed by atoms with van der Waals surface area (Å²) in [6, 6.07) is 0. The second-order valence-electron chi connectivity index (χ2n) is 2.35. The Kier molecular flexibility index (Phi) is 3.53. The first-order valence-electron chi connectivity index (χ1n) is 3.98. The van der Waals surface area contributed by atoms with Gasteiger partial charge in [-0.25, -0.2) is 0 Å². The molecule has 1 aromatic heterocycles. The SMILES string of the molecule is CCOCCCc1nc(N)no1. The first-order chi connectivity index (χ1) is 5.83. The van der Waals surface area contributed by atoms with Crippen LogP contribution in [0.3, 0.4) is 0 Å². The first-order valence-corrected chi connectivity index (χ1v) is 3.98. The fourth-order valence-corrected chi connectivity index (χ4v) is 0.839. The fraction of sp³-hybridized carbons (Fsp3) is 0.714. The lowest BCUT2D eigenvalue weighted by atomic mass is 10.3. The Balaban J connectivity index is 2.15. The number of nitrogens with two attached hydrogens (primary N) is 1. The number of anilines is 1. The summed E-state index contributed by atoms with van der Waals surface area (Å²) in [4.78, 5) is 3.85. The van der Waals surface area contributed by atoms with Crippen LogP contribution in [0.5, 0.6) is 0 Å². The molecule has 5 heteroatoms. The number of hydrogen-bond acceptors (Lipinski definition) is 5. The predicted molar refractivity (Wildman–Crippen MR) is 43.5 cm³/mol. The van der Waals surface area contributed by atoms with Gasteiger partial charge in [-0.1, -0.05) is 0 Å². The third-order valence-electron chi connectivity index (χ3n) is 1.37. The number of rotatable bonds is 5. The van der Waals surface area contributed by atoms with Crippen LogP contribution in [0.4, 0.5) is 5.95 Å². The van der Waals surface area contributed by atoms with E-state index in [-0.39, 0.29) is 5.95 Å². The molecule has 68 valence electrons. The molecule has 1 heterocycles. The number of nitrogen functional groups attached to an aromatic ring is 1. The van der Waals surface area contributed by atoms with Gasteiger partial charge in [0.05, 0.1) is 0 Å². The van der Waals surface area contributed by atoms with Crippen LogP contribution < -0.4 is 5.73 Å². The van der Waals surface area contributed by atoms with Crippen molar-refractivity contribution in [1.29, 1.82) is 0 Å². The Bertz CT molecular complexity index is 224. The minimum atomic E-state index is 0.196. The average Bonchev–Trinajstić information content (AvgIpc) is 2.45. The van der Waals surface area contributed by atoms with Crippen molar-refractivity contribution in [1.82, 2.24) is 10.1 Å². The normalized spacial score (nSPS) is 10.4. The molecule has 0 spiro atoms. The molecule has 2 N–H and O–H groups in total. The van der Waals surface area contributed by atoms with E-state index in [1.165, 1.54) is 0 Å². The molecule has 0 aromatic carbocycles. The molecule has 0 amide bonds. The molecule has 0 aliphatic heterocycles. The van der Waals surface area contributed by atoms with E-state index in [1.54, 1.807) is 0 Å². The van der Waals surface area contributed by atoms with Gasteiger partial charge in [-0.2, -0.15) is 4.98 Å². The lowest BCUT2D eigenvalue weighted by molar-refractivity contribution is 0.143. The van der Waals surface area contributed by atoms with Gasteiger partial charge in [-0.05, 0) is 18.5 Å². The van der Waals surface area contributed by atoms with Gasteiger partial charge in [0.15, 0.2) is 0 Å². The molecule has 12 heavy (non-hydrogen) atoms. The number of ether oxygens (including phenoxy) is 1. The van der Waals surface area contributed by atoms with Crippen molar-refractivity contribution in [2.45, 2.75) is 19.8 Å². The third kappa shape index (κ3) is 2.87. The van der Waals surface area contributed by atoms with Gasteiger partial charge in [-0.3, -0.25) is 0 Å². The van der Waals surface area contributed by atoms with E-state index < -0.39 is 0 Å². The Morgan fingerprint density at radius 3 is 3.00 bits per heavy atom. The quantitative estimate of drug-likeness (QED) is 0.657. The Morgan fingerprint density at radius 1 is 1.58 bits per heavy atom. The molecule has 0 radical (unpaired) electrons. The number of nitrogens with zero attached hydrogens (tertiary/aromatic N) is 2. The van der Waals surface area contributed by atoms with E-state index in [9.17, 15) is 0 Å². The average molecular weight is 171 g/mol. The maximum atomic E-state index is 5.26. The van der Waals surface area contributed by atoms with Gasteiger partial charge in [-0.15, -0.1) is 0 Å². The second-order valence-corrected chi connectivity index (χ2v) is 2.35. The van der Waals surface area contributed by atoms with Crippen LogP contribution >= 0.6 is 0 Å². The zero-order chi connectivity index (χ0) is 8.81. The van der Waals surface area contributed by atoms with Crippen molar-refractivity contribution < 1.29 is 9.26 Å². The third-order valence-corrected chi connectivity index (χ3v) is 1.37. The summed E-state index contributed by atoms with van der Waals surface area (Å²) in [6.45, 7) is 3.43. The van der Waals surface area contributed by atoms with Gasteiger partial charge >= 0.3 is 0 Å². The molecule has 0 unspecified atom stereocenters. The molecule has 0 saturated heterocycles. The zero-order valence-corrected chi connectivity index (χ0v) is 7.12. The molecular formula is C7H13N3O2. The van der Waals surface area contributed by atoms with Crippen LogP contribution in [-0.4, -0.2) is 23.4 Å². The highest BCUT2D eigenvalue weighted by Crippen LogP contribution is 2.01. The molecule has 0 aliphatic rings. The summed E-state index contributed by atoms with van der Waals surface area (Å²) < 4.78 is 9.94. The molecule has 0 fully saturated rings. The predicted octanol–water partition coefficient (Wildman–Crippen LogP) is 0.621. The van der Waals surface area contributed by atoms with E-state index in [4.69, 9.17) is 15.0 Å². The highest BCUT2D eigenvalue weighted by atomic mass is 16.5. The van der Waals surface area contributed by atoms with Crippen LogP contribution in [0.25, 0.3) is 0 Å². The van der Waals surface area contributed by atoms with Gasteiger partial charge in [0.25, 0.3) is 5.95 Å². The lowest BCUT2D eigenvalue weighted by Gasteiger charge is -1.96. The fourth-order valence-electron chi connectivity index (χ4n) is 0.839. The Labute approximate surface area is 70.9 Å². The highest BCUT2D eigenvalue weighted by Gasteiger charge is 2.01. The van der Waals surface area contributed by atoms with Crippen molar-refractivity contribution in [2.75, 3.05) is 18.9 Å². The topological polar surface area (TPSA) is 74.2 Å². The Hall–Kier alpha value is -1.10. The molecule has 0 aliphatic carbocycles. The molecule has 0 atom stereocenters. The van der Waals surface area contributed by atoms with Crippen molar-refractivity contribution in [3.05, 3.63) is 5.89 Å². The van der Waals surface area contributed by atoms with Crippen LogP contribution in [0.1, 0.15) is 19.2 Å². The maximum Gasteiger partial charge on any atom is 0.260 e. The van der Waals surface area contributed by atoms with Gasteiger partial charge in [0.1, 0.15) is 0 Å². The van der Waals surface area contributed by atoms with Crippen molar-refractivity contribution in [3.63, 3.8) is 0 Å². The number of aryl methyl sites for hydroxylation is 1. The van der Waals surface area contributed by atoms with Crippen molar-refractivity contribution in [3.8, 4) is 0 Å². The molecule has 1 rings (SSSR count). The largest absolute Gasteiger partial charge is 0.382 e.